The van der Waals surface area contributed by atoms with E-state index in [2.05, 4.69) is 20.3 Å². The monoisotopic (exact) mass is 392 g/mol. The largest absolute Gasteiger partial charge is 0.469 e. The van der Waals surface area contributed by atoms with Gasteiger partial charge in [-0.25, -0.2) is 13.1 Å². The van der Waals surface area contributed by atoms with Gasteiger partial charge in [0.15, 0.2) is 5.96 Å². The summed E-state index contributed by atoms with van der Waals surface area (Å²) in [6.45, 7) is 6.43. The summed E-state index contributed by atoms with van der Waals surface area (Å²) in [5.74, 6) is 1.49. The molecule has 0 saturated heterocycles. The predicted molar refractivity (Wildman–Crippen MR) is 107 cm³/mol. The number of aliphatic imine (C=N–C) groups is 1. The SMILES string of the molecule is CN=C(NCCc1ccco1)NCc1ccccc1S(=O)(=O)NC(C)(C)C. The van der Waals surface area contributed by atoms with Gasteiger partial charge in [-0.05, 0) is 44.5 Å². The van der Waals surface area contributed by atoms with Gasteiger partial charge in [-0.1, -0.05) is 18.2 Å². The molecule has 0 aliphatic heterocycles. The fraction of sp³-hybridized carbons (Fsp3) is 0.421. The number of nitrogens with one attached hydrogen (secondary N) is 3. The number of hydrogen-bond acceptors (Lipinski definition) is 4. The molecule has 0 aliphatic carbocycles. The lowest BCUT2D eigenvalue weighted by molar-refractivity contribution is 0.490. The molecule has 0 aliphatic rings. The van der Waals surface area contributed by atoms with Gasteiger partial charge in [0, 0.05) is 32.1 Å². The van der Waals surface area contributed by atoms with Crippen molar-refractivity contribution < 1.29 is 12.8 Å². The number of furan rings is 1. The Labute approximate surface area is 161 Å². The van der Waals surface area contributed by atoms with Crippen molar-refractivity contribution >= 4 is 16.0 Å². The van der Waals surface area contributed by atoms with Gasteiger partial charge in [0.2, 0.25) is 10.0 Å². The Morgan fingerprint density at radius 1 is 1.11 bits per heavy atom. The molecule has 148 valence electrons. The Morgan fingerprint density at radius 2 is 1.85 bits per heavy atom. The van der Waals surface area contributed by atoms with Crippen molar-refractivity contribution in [2.45, 2.75) is 44.2 Å². The van der Waals surface area contributed by atoms with Crippen LogP contribution in [0, 0.1) is 0 Å². The smallest absolute Gasteiger partial charge is 0.241 e. The minimum Gasteiger partial charge on any atom is -0.469 e. The summed E-state index contributed by atoms with van der Waals surface area (Å²) in [4.78, 5) is 4.43. The standard InChI is InChI=1S/C19H28N4O3S/c1-19(2,3)23-27(24,25)17-10-6-5-8-15(17)14-22-18(20-4)21-12-11-16-9-7-13-26-16/h5-10,13,23H,11-12,14H2,1-4H3,(H2,20,21,22). The second-order valence-electron chi connectivity index (χ2n) is 7.15. The van der Waals surface area contributed by atoms with Gasteiger partial charge < -0.3 is 15.1 Å². The van der Waals surface area contributed by atoms with Gasteiger partial charge in [-0.2, -0.15) is 0 Å². The van der Waals surface area contributed by atoms with Gasteiger partial charge >= 0.3 is 0 Å². The average molecular weight is 393 g/mol. The highest BCUT2D eigenvalue weighted by Gasteiger charge is 2.24. The topological polar surface area (TPSA) is 95.7 Å². The van der Waals surface area contributed by atoms with Crippen LogP contribution in [0.25, 0.3) is 0 Å². The molecule has 3 N–H and O–H groups in total. The molecule has 0 fully saturated rings. The molecule has 0 amide bonds. The minimum atomic E-state index is -3.61. The van der Waals surface area contributed by atoms with Crippen LogP contribution >= 0.6 is 0 Å². The molecule has 7 nitrogen and oxygen atoms in total. The van der Waals surface area contributed by atoms with Crippen molar-refractivity contribution in [1.29, 1.82) is 0 Å². The summed E-state index contributed by atoms with van der Waals surface area (Å²) < 4.78 is 33.4. The maximum atomic E-state index is 12.7. The zero-order valence-electron chi connectivity index (χ0n) is 16.2. The third kappa shape index (κ3) is 6.73. The van der Waals surface area contributed by atoms with E-state index in [0.717, 1.165) is 12.2 Å². The zero-order valence-corrected chi connectivity index (χ0v) is 17.1. The summed E-state index contributed by atoms with van der Waals surface area (Å²) in [7, 11) is -1.94. The molecular weight excluding hydrogens is 364 g/mol. The Kier molecular flexibility index (Phi) is 7.04. The van der Waals surface area contributed by atoms with Crippen molar-refractivity contribution in [2.24, 2.45) is 4.99 Å². The summed E-state index contributed by atoms with van der Waals surface area (Å²) in [5.41, 5.74) is 0.117. The third-order valence-electron chi connectivity index (χ3n) is 3.62. The van der Waals surface area contributed by atoms with Gasteiger partial charge in [-0.3, -0.25) is 4.99 Å². The van der Waals surface area contributed by atoms with Crippen LogP contribution in [0.5, 0.6) is 0 Å². The van der Waals surface area contributed by atoms with Crippen LogP contribution in [0.4, 0.5) is 0 Å². The molecule has 0 spiro atoms. The van der Waals surface area contributed by atoms with Crippen LogP contribution in [0.2, 0.25) is 0 Å². The lowest BCUT2D eigenvalue weighted by atomic mass is 10.1. The predicted octanol–water partition coefficient (Wildman–Crippen LogP) is 2.26. The van der Waals surface area contributed by atoms with E-state index in [-0.39, 0.29) is 4.90 Å². The molecule has 2 aromatic rings. The van der Waals surface area contributed by atoms with Gasteiger partial charge in [-0.15, -0.1) is 0 Å². The van der Waals surface area contributed by atoms with Gasteiger partial charge in [0.25, 0.3) is 0 Å². The van der Waals surface area contributed by atoms with Gasteiger partial charge in [0.05, 0.1) is 11.2 Å². The molecule has 2 rings (SSSR count). The second kappa shape index (κ2) is 9.05. The number of nitrogens with zero attached hydrogens (tertiary/aromatic N) is 1. The molecule has 1 aromatic carbocycles. The van der Waals surface area contributed by atoms with Crippen LogP contribution in [-0.4, -0.2) is 33.5 Å². The second-order valence-corrected chi connectivity index (χ2v) is 8.80. The highest BCUT2D eigenvalue weighted by molar-refractivity contribution is 7.89. The summed E-state index contributed by atoms with van der Waals surface area (Å²) >= 11 is 0. The lowest BCUT2D eigenvalue weighted by Gasteiger charge is -2.22. The lowest BCUT2D eigenvalue weighted by Crippen LogP contribution is -2.41. The first kappa shape index (κ1) is 21.0. The number of guanidine groups is 1. The van der Waals surface area contributed by atoms with Crippen LogP contribution < -0.4 is 15.4 Å². The molecule has 0 radical (unpaired) electrons. The van der Waals surface area contributed by atoms with Crippen molar-refractivity contribution in [3.63, 3.8) is 0 Å². The highest BCUT2D eigenvalue weighted by atomic mass is 32.2. The number of hydrogen-bond donors (Lipinski definition) is 3. The number of sulfonamides is 1. The van der Waals surface area contributed by atoms with E-state index >= 15 is 0 Å². The van der Waals surface area contributed by atoms with E-state index in [1.165, 1.54) is 0 Å². The third-order valence-corrected chi connectivity index (χ3v) is 5.47. The molecule has 0 unspecified atom stereocenters. The maximum absolute atomic E-state index is 12.7. The Bertz CT molecular complexity index is 853. The van der Waals surface area contributed by atoms with E-state index in [9.17, 15) is 8.42 Å². The van der Waals surface area contributed by atoms with Crippen LogP contribution in [0.15, 0.2) is 57.0 Å². The Hall–Kier alpha value is -2.32. The quantitative estimate of drug-likeness (QED) is 0.496. The molecule has 0 saturated carbocycles. The van der Waals surface area contributed by atoms with Gasteiger partial charge in [0.1, 0.15) is 5.76 Å². The fourth-order valence-electron chi connectivity index (χ4n) is 2.53. The molecule has 1 heterocycles. The van der Waals surface area contributed by atoms with Crippen LogP contribution in [0.3, 0.4) is 0 Å². The molecular formula is C19H28N4O3S. The number of benzene rings is 1. The van der Waals surface area contributed by atoms with E-state index in [4.69, 9.17) is 4.42 Å². The van der Waals surface area contributed by atoms with Crippen molar-refractivity contribution in [3.8, 4) is 0 Å². The summed E-state index contributed by atoms with van der Waals surface area (Å²) in [6, 6.07) is 10.7. The molecule has 0 atom stereocenters. The Morgan fingerprint density at radius 3 is 2.48 bits per heavy atom. The normalized spacial score (nSPS) is 12.8. The van der Waals surface area contributed by atoms with E-state index in [1.807, 2.05) is 39.0 Å². The number of rotatable bonds is 7. The molecule has 27 heavy (non-hydrogen) atoms. The highest BCUT2D eigenvalue weighted by Crippen LogP contribution is 2.17. The van der Waals surface area contributed by atoms with Crippen molar-refractivity contribution in [2.75, 3.05) is 13.6 Å². The summed E-state index contributed by atoms with van der Waals surface area (Å²) in [5, 5.41) is 6.35. The van der Waals surface area contributed by atoms with Crippen molar-refractivity contribution in [1.82, 2.24) is 15.4 Å². The molecule has 0 bridgehead atoms. The first-order valence-electron chi connectivity index (χ1n) is 8.80. The van der Waals surface area contributed by atoms with E-state index in [1.54, 1.807) is 31.5 Å². The summed E-state index contributed by atoms with van der Waals surface area (Å²) in [6.07, 6.45) is 2.37. The Balaban J connectivity index is 2.00. The van der Waals surface area contributed by atoms with E-state index in [0.29, 0.717) is 24.6 Å². The average Bonchev–Trinajstić information content (AvgIpc) is 3.09. The molecule has 1 aromatic heterocycles. The first-order valence-corrected chi connectivity index (χ1v) is 10.3. The van der Waals surface area contributed by atoms with E-state index < -0.39 is 15.6 Å². The maximum Gasteiger partial charge on any atom is 0.241 e. The first-order chi connectivity index (χ1) is 12.7. The van der Waals surface area contributed by atoms with Crippen LogP contribution in [-0.2, 0) is 23.0 Å². The van der Waals surface area contributed by atoms with Crippen LogP contribution in [0.1, 0.15) is 32.1 Å². The minimum absolute atomic E-state index is 0.262. The molecule has 8 heteroatoms. The van der Waals surface area contributed by atoms with Crippen molar-refractivity contribution in [3.05, 3.63) is 54.0 Å². The zero-order chi connectivity index (χ0) is 19.9. The fourth-order valence-corrected chi connectivity index (χ4v) is 4.19.